The van der Waals surface area contributed by atoms with Gasteiger partial charge in [0.05, 0.1) is 5.92 Å². The highest BCUT2D eigenvalue weighted by Crippen LogP contribution is 2.05. The SMILES string of the molecule is CC/C=C\CCC(=O)NCCCCN(CCCNC(=O)CC/C=C\CC)C(=O)C(CN)CN. The van der Waals surface area contributed by atoms with Gasteiger partial charge in [-0.3, -0.25) is 14.4 Å². The fraction of sp³-hybridized carbons (Fsp3) is 0.720. The smallest absolute Gasteiger partial charge is 0.228 e. The van der Waals surface area contributed by atoms with Gasteiger partial charge in [0.1, 0.15) is 0 Å². The maximum atomic E-state index is 12.8. The zero-order valence-electron chi connectivity index (χ0n) is 20.8. The van der Waals surface area contributed by atoms with E-state index < -0.39 is 0 Å². The lowest BCUT2D eigenvalue weighted by Crippen LogP contribution is -2.44. The van der Waals surface area contributed by atoms with Crippen LogP contribution in [0.15, 0.2) is 24.3 Å². The molecule has 8 nitrogen and oxygen atoms in total. The van der Waals surface area contributed by atoms with Gasteiger partial charge in [-0.1, -0.05) is 38.2 Å². The quantitative estimate of drug-likeness (QED) is 0.162. The molecule has 0 saturated heterocycles. The van der Waals surface area contributed by atoms with Crippen LogP contribution < -0.4 is 22.1 Å². The van der Waals surface area contributed by atoms with Crippen LogP contribution in [0.2, 0.25) is 0 Å². The van der Waals surface area contributed by atoms with Gasteiger partial charge in [0.2, 0.25) is 17.7 Å². The number of hydrogen-bond acceptors (Lipinski definition) is 5. The minimum absolute atomic E-state index is 0.0244. The van der Waals surface area contributed by atoms with Crippen molar-refractivity contribution in [3.05, 3.63) is 24.3 Å². The second-order valence-corrected chi connectivity index (χ2v) is 8.09. The molecule has 0 heterocycles. The highest BCUT2D eigenvalue weighted by molar-refractivity contribution is 5.79. The van der Waals surface area contributed by atoms with Crippen molar-refractivity contribution in [2.24, 2.45) is 17.4 Å². The van der Waals surface area contributed by atoms with Gasteiger partial charge in [0, 0.05) is 52.1 Å². The number of carbonyl (C=O) groups is 3. The Bertz CT molecular complexity index is 589. The van der Waals surface area contributed by atoms with Crippen LogP contribution in [0.1, 0.15) is 71.6 Å². The maximum Gasteiger partial charge on any atom is 0.228 e. The highest BCUT2D eigenvalue weighted by atomic mass is 16.2. The van der Waals surface area contributed by atoms with E-state index in [1.807, 2.05) is 12.2 Å². The van der Waals surface area contributed by atoms with Crippen molar-refractivity contribution < 1.29 is 14.4 Å². The van der Waals surface area contributed by atoms with Gasteiger partial charge in [-0.05, 0) is 44.9 Å². The van der Waals surface area contributed by atoms with Crippen molar-refractivity contribution in [2.45, 2.75) is 71.6 Å². The number of nitrogens with one attached hydrogen (secondary N) is 2. The zero-order valence-corrected chi connectivity index (χ0v) is 20.8. The molecule has 6 N–H and O–H groups in total. The summed E-state index contributed by atoms with van der Waals surface area (Å²) in [5, 5.41) is 5.84. The van der Waals surface area contributed by atoms with Crippen LogP contribution in [0.5, 0.6) is 0 Å². The molecule has 0 spiro atoms. The molecule has 8 heteroatoms. The van der Waals surface area contributed by atoms with Crippen molar-refractivity contribution in [3.8, 4) is 0 Å². The third-order valence-electron chi connectivity index (χ3n) is 5.21. The van der Waals surface area contributed by atoms with E-state index in [-0.39, 0.29) is 36.7 Å². The molecule has 190 valence electrons. The second-order valence-electron chi connectivity index (χ2n) is 8.09. The first-order valence-corrected chi connectivity index (χ1v) is 12.5. The average Bonchev–Trinajstić information content (AvgIpc) is 2.81. The first kappa shape index (κ1) is 30.8. The Morgan fingerprint density at radius 3 is 1.73 bits per heavy atom. The third-order valence-corrected chi connectivity index (χ3v) is 5.21. The van der Waals surface area contributed by atoms with Crippen molar-refractivity contribution in [3.63, 3.8) is 0 Å². The molecule has 0 aromatic carbocycles. The van der Waals surface area contributed by atoms with E-state index in [1.54, 1.807) is 4.90 Å². The number of nitrogens with two attached hydrogens (primary N) is 2. The minimum Gasteiger partial charge on any atom is -0.356 e. The summed E-state index contributed by atoms with van der Waals surface area (Å²) in [4.78, 5) is 38.3. The van der Waals surface area contributed by atoms with E-state index in [2.05, 4.69) is 36.6 Å². The standard InChI is InChI=1S/C25H47N5O3/c1-3-5-7-9-14-23(31)28-16-11-12-18-30(25(33)22(20-26)21-27)19-13-17-29-24(32)15-10-8-6-4-2/h5-8,22H,3-4,9-21,26-27H2,1-2H3,(H,28,31)(H,29,32)/b7-5-,8-6-. The molecule has 33 heavy (non-hydrogen) atoms. The Morgan fingerprint density at radius 1 is 0.758 bits per heavy atom. The van der Waals surface area contributed by atoms with Gasteiger partial charge in [-0.2, -0.15) is 0 Å². The van der Waals surface area contributed by atoms with Crippen LogP contribution in [0, 0.1) is 5.92 Å². The number of allylic oxidation sites excluding steroid dienone is 4. The molecule has 0 aliphatic rings. The molecule has 0 aliphatic heterocycles. The maximum absolute atomic E-state index is 12.8. The van der Waals surface area contributed by atoms with Crippen molar-refractivity contribution in [1.82, 2.24) is 15.5 Å². The summed E-state index contributed by atoms with van der Waals surface area (Å²) in [6.07, 6.45) is 14.8. The molecule has 0 fully saturated rings. The summed E-state index contributed by atoms with van der Waals surface area (Å²) >= 11 is 0. The van der Waals surface area contributed by atoms with Crippen molar-refractivity contribution in [2.75, 3.05) is 39.3 Å². The number of carbonyl (C=O) groups excluding carboxylic acids is 3. The largest absolute Gasteiger partial charge is 0.356 e. The molecular weight excluding hydrogens is 418 g/mol. The summed E-state index contributed by atoms with van der Waals surface area (Å²) in [5.41, 5.74) is 11.4. The van der Waals surface area contributed by atoms with Gasteiger partial charge >= 0.3 is 0 Å². The lowest BCUT2D eigenvalue weighted by atomic mass is 10.1. The van der Waals surface area contributed by atoms with Crippen LogP contribution in [-0.2, 0) is 14.4 Å². The molecule has 0 bridgehead atoms. The fourth-order valence-electron chi connectivity index (χ4n) is 3.22. The summed E-state index contributed by atoms with van der Waals surface area (Å²) in [6, 6.07) is 0. The summed E-state index contributed by atoms with van der Waals surface area (Å²) in [6.45, 7) is 6.81. The van der Waals surface area contributed by atoms with Gasteiger partial charge in [0.15, 0.2) is 0 Å². The Hall–Kier alpha value is -2.19. The number of hydrogen-bond donors (Lipinski definition) is 4. The topological polar surface area (TPSA) is 131 Å². The molecular formula is C25H47N5O3. The van der Waals surface area contributed by atoms with E-state index in [0.717, 1.165) is 38.5 Å². The fourth-order valence-corrected chi connectivity index (χ4v) is 3.22. The third kappa shape index (κ3) is 17.0. The molecule has 0 atom stereocenters. The van der Waals surface area contributed by atoms with Crippen LogP contribution in [0.3, 0.4) is 0 Å². The van der Waals surface area contributed by atoms with Crippen molar-refractivity contribution in [1.29, 1.82) is 0 Å². The second kappa shape index (κ2) is 21.6. The van der Waals surface area contributed by atoms with Crippen LogP contribution in [0.4, 0.5) is 0 Å². The van der Waals surface area contributed by atoms with Gasteiger partial charge in [0.25, 0.3) is 0 Å². The van der Waals surface area contributed by atoms with E-state index in [0.29, 0.717) is 45.4 Å². The number of nitrogens with zero attached hydrogens (tertiary/aromatic N) is 1. The molecule has 0 radical (unpaired) electrons. The summed E-state index contributed by atoms with van der Waals surface area (Å²) < 4.78 is 0. The van der Waals surface area contributed by atoms with Crippen molar-refractivity contribution >= 4 is 17.7 Å². The van der Waals surface area contributed by atoms with Crippen LogP contribution >= 0.6 is 0 Å². The number of amides is 3. The Balaban J connectivity index is 4.33. The number of unbranched alkanes of at least 4 members (excludes halogenated alkanes) is 1. The molecule has 0 rings (SSSR count). The van der Waals surface area contributed by atoms with E-state index in [4.69, 9.17) is 11.5 Å². The van der Waals surface area contributed by atoms with Gasteiger partial charge in [-0.15, -0.1) is 0 Å². The normalized spacial score (nSPS) is 11.4. The van der Waals surface area contributed by atoms with Gasteiger partial charge in [-0.25, -0.2) is 0 Å². The monoisotopic (exact) mass is 465 g/mol. The molecule has 0 saturated carbocycles. The molecule has 0 unspecified atom stereocenters. The molecule has 0 aromatic heterocycles. The molecule has 3 amide bonds. The zero-order chi connectivity index (χ0) is 24.7. The highest BCUT2D eigenvalue weighted by Gasteiger charge is 2.21. The Morgan fingerprint density at radius 2 is 1.24 bits per heavy atom. The van der Waals surface area contributed by atoms with Crippen LogP contribution in [-0.4, -0.2) is 61.9 Å². The van der Waals surface area contributed by atoms with E-state index in [9.17, 15) is 14.4 Å². The molecule has 0 aliphatic carbocycles. The first-order valence-electron chi connectivity index (χ1n) is 12.5. The van der Waals surface area contributed by atoms with E-state index >= 15 is 0 Å². The predicted molar refractivity (Wildman–Crippen MR) is 135 cm³/mol. The van der Waals surface area contributed by atoms with Crippen LogP contribution in [0.25, 0.3) is 0 Å². The minimum atomic E-state index is -0.388. The lowest BCUT2D eigenvalue weighted by molar-refractivity contribution is -0.135. The first-order chi connectivity index (χ1) is 16.0. The lowest BCUT2D eigenvalue weighted by Gasteiger charge is -2.26. The number of rotatable bonds is 20. The van der Waals surface area contributed by atoms with E-state index in [1.165, 1.54) is 0 Å². The molecule has 0 aromatic rings. The summed E-state index contributed by atoms with van der Waals surface area (Å²) in [5.74, 6) is -0.351. The average molecular weight is 466 g/mol. The summed E-state index contributed by atoms with van der Waals surface area (Å²) in [7, 11) is 0. The Labute approximate surface area is 200 Å². The predicted octanol–water partition coefficient (Wildman–Crippen LogP) is 2.24. The van der Waals surface area contributed by atoms with Gasteiger partial charge < -0.3 is 27.0 Å². The Kier molecular flexibility index (Phi) is 20.2.